The molecule has 0 bridgehead atoms. The van der Waals surface area contributed by atoms with Crippen LogP contribution < -0.4 is 5.32 Å². The van der Waals surface area contributed by atoms with Crippen LogP contribution in [0.3, 0.4) is 0 Å². The molecule has 158 valence electrons. The lowest BCUT2D eigenvalue weighted by Gasteiger charge is -2.24. The highest BCUT2D eigenvalue weighted by atomic mass is 32.2. The van der Waals surface area contributed by atoms with Gasteiger partial charge >= 0.3 is 0 Å². The van der Waals surface area contributed by atoms with Crippen molar-refractivity contribution in [2.24, 2.45) is 0 Å². The highest BCUT2D eigenvalue weighted by Gasteiger charge is 2.53. The van der Waals surface area contributed by atoms with Gasteiger partial charge in [0.05, 0.1) is 33.6 Å². The van der Waals surface area contributed by atoms with E-state index in [0.29, 0.717) is 11.6 Å². The van der Waals surface area contributed by atoms with Gasteiger partial charge in [0, 0.05) is 0 Å². The van der Waals surface area contributed by atoms with Gasteiger partial charge in [-0.1, -0.05) is 23.9 Å². The molecule has 2 N–H and O–H groups in total. The molecule has 2 fully saturated rings. The largest absolute Gasteiger partial charge is 0.390 e. The van der Waals surface area contributed by atoms with Gasteiger partial charge < -0.3 is 19.9 Å². The van der Waals surface area contributed by atoms with E-state index >= 15 is 0 Å². The number of nitrogens with zero attached hydrogens (tertiary/aromatic N) is 3. The summed E-state index contributed by atoms with van der Waals surface area (Å²) < 4.78 is 13.1. The van der Waals surface area contributed by atoms with Crippen molar-refractivity contribution < 1.29 is 14.6 Å². The first-order chi connectivity index (χ1) is 14.3. The summed E-state index contributed by atoms with van der Waals surface area (Å²) in [5.74, 6) is 0.00972. The van der Waals surface area contributed by atoms with Crippen LogP contribution in [0.5, 0.6) is 0 Å². The van der Waals surface area contributed by atoms with E-state index in [2.05, 4.69) is 16.4 Å². The SMILES string of the molecule is CSc1nc(C)c(-c2nc3ccccc3s2)c(N[C@@H]2C[C@H](O)[C@H]3OC(C)(C)O[C@H]32)n1. The van der Waals surface area contributed by atoms with E-state index in [4.69, 9.17) is 19.4 Å². The van der Waals surface area contributed by atoms with E-state index in [1.54, 1.807) is 11.3 Å². The fraction of sp³-hybridized carbons (Fsp3) is 0.476. The van der Waals surface area contributed by atoms with E-state index in [1.165, 1.54) is 11.8 Å². The van der Waals surface area contributed by atoms with Crippen molar-refractivity contribution in [3.05, 3.63) is 30.0 Å². The number of anilines is 1. The van der Waals surface area contributed by atoms with E-state index in [0.717, 1.165) is 32.3 Å². The van der Waals surface area contributed by atoms with Gasteiger partial charge in [0.15, 0.2) is 10.9 Å². The first-order valence-electron chi connectivity index (χ1n) is 9.93. The Morgan fingerprint density at radius 2 is 1.93 bits per heavy atom. The number of ether oxygens (including phenoxy) is 2. The van der Waals surface area contributed by atoms with Gasteiger partial charge in [-0.25, -0.2) is 15.0 Å². The summed E-state index contributed by atoms with van der Waals surface area (Å²) in [5, 5.41) is 15.6. The number of aryl methyl sites for hydroxylation is 1. The van der Waals surface area contributed by atoms with Crippen molar-refractivity contribution in [1.29, 1.82) is 0 Å². The minimum atomic E-state index is -0.710. The standard InChI is InChI=1S/C21H24N4O3S2/c1-10-15(19-24-11-7-5-6-8-14(11)30-19)18(25-20(22-10)29-4)23-12-9-13(26)17-16(12)27-21(2,3)28-17/h5-8,12-13,16-17,26H,9H2,1-4H3,(H,22,23,25)/t12-,13+,16+,17-/m1/s1. The summed E-state index contributed by atoms with van der Waals surface area (Å²) in [6.07, 6.45) is 1.32. The third-order valence-corrected chi connectivity index (χ3v) is 7.12. The molecular formula is C21H24N4O3S2. The summed E-state index contributed by atoms with van der Waals surface area (Å²) >= 11 is 3.13. The molecule has 0 spiro atoms. The van der Waals surface area contributed by atoms with E-state index < -0.39 is 11.9 Å². The van der Waals surface area contributed by atoms with Crippen molar-refractivity contribution in [3.8, 4) is 10.6 Å². The first-order valence-corrected chi connectivity index (χ1v) is 12.0. The second kappa shape index (κ2) is 7.42. The average molecular weight is 445 g/mol. The van der Waals surface area contributed by atoms with Crippen molar-refractivity contribution in [2.45, 2.75) is 62.5 Å². The number of fused-ring (bicyclic) bond motifs is 2. The summed E-state index contributed by atoms with van der Waals surface area (Å²) in [4.78, 5) is 14.2. The number of nitrogens with one attached hydrogen (secondary N) is 1. The zero-order valence-corrected chi connectivity index (χ0v) is 18.9. The van der Waals surface area contributed by atoms with Gasteiger partial charge in [-0.3, -0.25) is 0 Å². The summed E-state index contributed by atoms with van der Waals surface area (Å²) in [6, 6.07) is 7.97. The fourth-order valence-electron chi connectivity index (χ4n) is 4.25. The fourth-order valence-corrected chi connectivity index (χ4v) is 5.72. The molecule has 1 saturated carbocycles. The molecule has 30 heavy (non-hydrogen) atoms. The van der Waals surface area contributed by atoms with Crippen LogP contribution in [-0.2, 0) is 9.47 Å². The van der Waals surface area contributed by atoms with E-state index in [1.807, 2.05) is 45.2 Å². The summed E-state index contributed by atoms with van der Waals surface area (Å²) in [5.41, 5.74) is 2.72. The first kappa shape index (κ1) is 20.1. The van der Waals surface area contributed by atoms with Crippen LogP contribution in [0, 0.1) is 6.92 Å². The maximum Gasteiger partial charge on any atom is 0.189 e. The molecule has 4 atom stereocenters. The Kier molecular flexibility index (Phi) is 4.98. The maximum absolute atomic E-state index is 10.5. The quantitative estimate of drug-likeness (QED) is 0.463. The Morgan fingerprint density at radius 1 is 1.17 bits per heavy atom. The van der Waals surface area contributed by atoms with Gasteiger partial charge in [0.1, 0.15) is 23.0 Å². The molecule has 0 radical (unpaired) electrons. The minimum Gasteiger partial charge on any atom is -0.390 e. The van der Waals surface area contributed by atoms with Gasteiger partial charge in [-0.05, 0) is 45.6 Å². The lowest BCUT2D eigenvalue weighted by Crippen LogP contribution is -2.35. The lowest BCUT2D eigenvalue weighted by atomic mass is 10.1. The van der Waals surface area contributed by atoms with Crippen LogP contribution in [0.4, 0.5) is 5.82 Å². The van der Waals surface area contributed by atoms with Crippen LogP contribution in [0.25, 0.3) is 20.8 Å². The molecule has 0 unspecified atom stereocenters. The van der Waals surface area contributed by atoms with Crippen LogP contribution in [0.15, 0.2) is 29.4 Å². The van der Waals surface area contributed by atoms with Gasteiger partial charge in [0.25, 0.3) is 0 Å². The monoisotopic (exact) mass is 444 g/mol. The number of aliphatic hydroxyl groups is 1. The molecule has 7 nitrogen and oxygen atoms in total. The Balaban J connectivity index is 1.55. The summed E-state index contributed by atoms with van der Waals surface area (Å²) in [6.45, 7) is 5.74. The van der Waals surface area contributed by atoms with Crippen LogP contribution in [0.1, 0.15) is 26.0 Å². The molecule has 5 rings (SSSR count). The Morgan fingerprint density at radius 3 is 2.70 bits per heavy atom. The molecule has 9 heteroatoms. The van der Waals surface area contributed by atoms with Gasteiger partial charge in [-0.2, -0.15) is 0 Å². The van der Waals surface area contributed by atoms with E-state index in [-0.39, 0.29) is 18.2 Å². The second-order valence-corrected chi connectivity index (χ2v) is 9.93. The molecule has 2 aliphatic rings. The van der Waals surface area contributed by atoms with Crippen molar-refractivity contribution in [3.63, 3.8) is 0 Å². The number of thioether (sulfide) groups is 1. The smallest absolute Gasteiger partial charge is 0.189 e. The van der Waals surface area contributed by atoms with E-state index in [9.17, 15) is 5.11 Å². The molecule has 3 heterocycles. The number of aromatic nitrogens is 3. The Bertz CT molecular complexity index is 1070. The zero-order chi connectivity index (χ0) is 21.0. The maximum atomic E-state index is 10.5. The molecular weight excluding hydrogens is 420 g/mol. The third-order valence-electron chi connectivity index (χ3n) is 5.52. The van der Waals surface area contributed by atoms with Crippen molar-refractivity contribution in [2.75, 3.05) is 11.6 Å². The molecule has 1 aliphatic heterocycles. The normalized spacial score (nSPS) is 27.5. The molecule has 2 aromatic heterocycles. The Hall–Kier alpha value is -1.78. The highest BCUT2D eigenvalue weighted by molar-refractivity contribution is 7.98. The number of benzene rings is 1. The molecule has 3 aromatic rings. The molecule has 1 aromatic carbocycles. The topological polar surface area (TPSA) is 89.4 Å². The van der Waals surface area contributed by atoms with Crippen molar-refractivity contribution >= 4 is 39.1 Å². The predicted molar refractivity (Wildman–Crippen MR) is 119 cm³/mol. The molecule has 1 saturated heterocycles. The van der Waals surface area contributed by atoms with Crippen LogP contribution in [0.2, 0.25) is 0 Å². The van der Waals surface area contributed by atoms with Crippen LogP contribution >= 0.6 is 23.1 Å². The number of thiazole rings is 1. The van der Waals surface area contributed by atoms with Crippen LogP contribution in [-0.4, -0.2) is 56.5 Å². The number of hydrogen-bond donors (Lipinski definition) is 2. The number of rotatable bonds is 4. The van der Waals surface area contributed by atoms with Crippen molar-refractivity contribution in [1.82, 2.24) is 15.0 Å². The van der Waals surface area contributed by atoms with Gasteiger partial charge in [-0.15, -0.1) is 11.3 Å². The number of para-hydroxylation sites is 1. The highest BCUT2D eigenvalue weighted by Crippen LogP contribution is 2.42. The van der Waals surface area contributed by atoms with Gasteiger partial charge in [0.2, 0.25) is 0 Å². The number of aliphatic hydroxyl groups excluding tert-OH is 1. The minimum absolute atomic E-state index is 0.121. The summed E-state index contributed by atoms with van der Waals surface area (Å²) in [7, 11) is 0. The predicted octanol–water partition coefficient (Wildman–Crippen LogP) is 3.85. The average Bonchev–Trinajstić information content (AvgIpc) is 3.34. The third kappa shape index (κ3) is 3.48. The second-order valence-electron chi connectivity index (χ2n) is 8.12. The zero-order valence-electron chi connectivity index (χ0n) is 17.2. The molecule has 1 aliphatic carbocycles. The Labute approximate surface area is 183 Å². The lowest BCUT2D eigenvalue weighted by molar-refractivity contribution is -0.162. The number of hydrogen-bond acceptors (Lipinski definition) is 9. The molecule has 0 amide bonds.